The van der Waals surface area contributed by atoms with Crippen LogP contribution in [0.1, 0.15) is 29.7 Å². The Hall–Kier alpha value is -2.06. The fourth-order valence-corrected chi connectivity index (χ4v) is 2.96. The molecule has 0 radical (unpaired) electrons. The Morgan fingerprint density at radius 1 is 1.19 bits per heavy atom. The molecule has 1 aliphatic carbocycles. The van der Waals surface area contributed by atoms with Crippen molar-refractivity contribution in [2.45, 2.75) is 19.4 Å². The van der Waals surface area contributed by atoms with Crippen LogP contribution in [0.15, 0.2) is 54.1 Å². The first-order valence-corrected chi connectivity index (χ1v) is 7.32. The van der Waals surface area contributed by atoms with E-state index in [0.717, 1.165) is 17.5 Å². The van der Waals surface area contributed by atoms with Crippen molar-refractivity contribution < 1.29 is 4.79 Å². The van der Waals surface area contributed by atoms with E-state index in [1.54, 1.807) is 6.92 Å². The van der Waals surface area contributed by atoms with Gasteiger partial charge in [0.25, 0.3) is 0 Å². The van der Waals surface area contributed by atoms with Gasteiger partial charge in [-0.25, -0.2) is 0 Å². The Bertz CT molecular complexity index is 706. The Balaban J connectivity index is 1.94. The van der Waals surface area contributed by atoms with Gasteiger partial charge in [-0.1, -0.05) is 54.1 Å². The highest BCUT2D eigenvalue weighted by atomic mass is 35.5. The van der Waals surface area contributed by atoms with Gasteiger partial charge in [0.2, 0.25) is 5.91 Å². The minimum absolute atomic E-state index is 0.0261. The van der Waals surface area contributed by atoms with Crippen LogP contribution in [0.5, 0.6) is 0 Å². The molecule has 1 N–H and O–H groups in total. The predicted octanol–water partition coefficient (Wildman–Crippen LogP) is 4.16. The second kappa shape index (κ2) is 5.74. The third-order valence-electron chi connectivity index (χ3n) is 3.67. The molecule has 2 aromatic carbocycles. The van der Waals surface area contributed by atoms with Gasteiger partial charge in [0.1, 0.15) is 0 Å². The summed E-state index contributed by atoms with van der Waals surface area (Å²) in [6.07, 6.45) is 2.95. The van der Waals surface area contributed by atoms with Crippen LogP contribution in [-0.2, 0) is 11.2 Å². The van der Waals surface area contributed by atoms with Gasteiger partial charge in [-0.2, -0.15) is 0 Å². The Labute approximate surface area is 129 Å². The monoisotopic (exact) mass is 297 g/mol. The first-order valence-electron chi connectivity index (χ1n) is 6.94. The highest BCUT2D eigenvalue weighted by Crippen LogP contribution is 2.37. The molecule has 1 atom stereocenters. The summed E-state index contributed by atoms with van der Waals surface area (Å²) in [6.45, 7) is 1.55. The highest BCUT2D eigenvalue weighted by Gasteiger charge is 2.25. The van der Waals surface area contributed by atoms with Gasteiger partial charge < -0.3 is 5.32 Å². The summed E-state index contributed by atoms with van der Waals surface area (Å²) in [6, 6.07) is 16.0. The van der Waals surface area contributed by atoms with Crippen molar-refractivity contribution in [3.8, 4) is 0 Å². The van der Waals surface area contributed by atoms with Crippen molar-refractivity contribution in [1.29, 1.82) is 0 Å². The summed E-state index contributed by atoms with van der Waals surface area (Å²) in [5, 5.41) is 3.75. The third-order valence-corrected chi connectivity index (χ3v) is 3.91. The number of halogens is 1. The van der Waals surface area contributed by atoms with Crippen molar-refractivity contribution in [3.63, 3.8) is 0 Å². The van der Waals surface area contributed by atoms with Crippen LogP contribution in [0.25, 0.3) is 6.08 Å². The van der Waals surface area contributed by atoms with Crippen LogP contribution in [0.3, 0.4) is 0 Å². The van der Waals surface area contributed by atoms with Gasteiger partial charge in [-0.15, -0.1) is 0 Å². The van der Waals surface area contributed by atoms with Gasteiger partial charge >= 0.3 is 0 Å². The molecule has 1 amide bonds. The molecule has 106 valence electrons. The van der Waals surface area contributed by atoms with Crippen LogP contribution in [0.4, 0.5) is 0 Å². The molecule has 0 saturated carbocycles. The summed E-state index contributed by atoms with van der Waals surface area (Å²) in [7, 11) is 0. The number of carbonyl (C=O) groups excluding carboxylic acids is 1. The van der Waals surface area contributed by atoms with E-state index in [1.807, 2.05) is 36.4 Å². The van der Waals surface area contributed by atoms with Crippen molar-refractivity contribution in [3.05, 3.63) is 75.8 Å². The van der Waals surface area contributed by atoms with Crippen LogP contribution < -0.4 is 5.32 Å². The molecule has 2 nitrogen and oxygen atoms in total. The molecule has 3 heteroatoms. The molecule has 2 aromatic rings. The molecule has 1 aliphatic rings. The molecule has 3 rings (SSSR count). The topological polar surface area (TPSA) is 29.1 Å². The van der Waals surface area contributed by atoms with Gasteiger partial charge in [0.05, 0.1) is 6.04 Å². The smallest absolute Gasteiger partial charge is 0.217 e. The fraction of sp³-hybridized carbons (Fsp3) is 0.167. The molecular formula is C18H16ClNO. The van der Waals surface area contributed by atoms with Crippen molar-refractivity contribution in [1.82, 2.24) is 5.32 Å². The molecular weight excluding hydrogens is 282 g/mol. The van der Waals surface area contributed by atoms with Crippen molar-refractivity contribution in [2.24, 2.45) is 0 Å². The zero-order valence-corrected chi connectivity index (χ0v) is 12.5. The second-order valence-corrected chi connectivity index (χ2v) is 5.72. The van der Waals surface area contributed by atoms with Crippen molar-refractivity contribution in [2.75, 3.05) is 0 Å². The number of hydrogen-bond donors (Lipinski definition) is 1. The number of nitrogens with one attached hydrogen (secondary N) is 1. The zero-order valence-electron chi connectivity index (χ0n) is 11.8. The fourth-order valence-electron chi connectivity index (χ4n) is 2.77. The lowest BCUT2D eigenvalue weighted by atomic mass is 9.98. The molecule has 0 aromatic heterocycles. The van der Waals surface area contributed by atoms with E-state index >= 15 is 0 Å². The average Bonchev–Trinajstić information content (AvgIpc) is 2.76. The first kappa shape index (κ1) is 13.9. The minimum Gasteiger partial charge on any atom is -0.346 e. The van der Waals surface area contributed by atoms with Crippen LogP contribution in [0.2, 0.25) is 5.02 Å². The number of carbonyl (C=O) groups is 1. The quantitative estimate of drug-likeness (QED) is 0.905. The van der Waals surface area contributed by atoms with Crippen LogP contribution in [0, 0.1) is 0 Å². The highest BCUT2D eigenvalue weighted by molar-refractivity contribution is 6.30. The molecule has 21 heavy (non-hydrogen) atoms. The number of benzene rings is 2. The largest absolute Gasteiger partial charge is 0.346 e. The lowest BCUT2D eigenvalue weighted by molar-refractivity contribution is -0.119. The van der Waals surface area contributed by atoms with Gasteiger partial charge in [-0.05, 0) is 40.8 Å². The van der Waals surface area contributed by atoms with E-state index in [1.165, 1.54) is 11.1 Å². The SMILES string of the molecule is CC(=O)NC1C(Cc2ccccc2)=Cc2cc(Cl)ccc21. The summed E-state index contributed by atoms with van der Waals surface area (Å²) >= 11 is 6.07. The molecule has 0 saturated heterocycles. The van der Waals surface area contributed by atoms with E-state index < -0.39 is 0 Å². The summed E-state index contributed by atoms with van der Waals surface area (Å²) in [5.41, 5.74) is 4.62. The molecule has 0 heterocycles. The maximum Gasteiger partial charge on any atom is 0.217 e. The molecule has 0 bridgehead atoms. The lowest BCUT2D eigenvalue weighted by Crippen LogP contribution is -2.26. The van der Waals surface area contributed by atoms with E-state index in [-0.39, 0.29) is 11.9 Å². The third kappa shape index (κ3) is 3.01. The Morgan fingerprint density at radius 3 is 2.67 bits per heavy atom. The van der Waals surface area contributed by atoms with Gasteiger partial charge in [-0.3, -0.25) is 4.79 Å². The van der Waals surface area contributed by atoms with Crippen LogP contribution in [-0.4, -0.2) is 5.91 Å². The molecule has 1 unspecified atom stereocenters. The normalized spacial score (nSPS) is 16.3. The van der Waals surface area contributed by atoms with Crippen LogP contribution >= 0.6 is 11.6 Å². The first-order chi connectivity index (χ1) is 10.1. The number of fused-ring (bicyclic) bond motifs is 1. The van der Waals surface area contributed by atoms with Gasteiger partial charge in [0, 0.05) is 11.9 Å². The average molecular weight is 298 g/mol. The van der Waals surface area contributed by atoms with E-state index in [4.69, 9.17) is 11.6 Å². The zero-order chi connectivity index (χ0) is 14.8. The standard InChI is InChI=1S/C18H16ClNO/c1-12(21)20-18-15(9-13-5-3-2-4-6-13)10-14-11-16(19)7-8-17(14)18/h2-8,10-11,18H,9H2,1H3,(H,20,21). The molecule has 0 fully saturated rings. The lowest BCUT2D eigenvalue weighted by Gasteiger charge is -2.18. The van der Waals surface area contributed by atoms with Gasteiger partial charge in [0.15, 0.2) is 0 Å². The maximum atomic E-state index is 11.5. The van der Waals surface area contributed by atoms with Crippen molar-refractivity contribution >= 4 is 23.6 Å². The van der Waals surface area contributed by atoms with E-state index in [2.05, 4.69) is 23.5 Å². The molecule has 0 spiro atoms. The van der Waals surface area contributed by atoms with E-state index in [0.29, 0.717) is 5.02 Å². The summed E-state index contributed by atoms with van der Waals surface area (Å²) in [5.74, 6) is -0.0261. The van der Waals surface area contributed by atoms with E-state index in [9.17, 15) is 4.79 Å². The number of rotatable bonds is 3. The predicted molar refractivity (Wildman–Crippen MR) is 86.1 cm³/mol. The Morgan fingerprint density at radius 2 is 1.95 bits per heavy atom. The minimum atomic E-state index is -0.0602. The summed E-state index contributed by atoms with van der Waals surface area (Å²) in [4.78, 5) is 11.5. The Kier molecular flexibility index (Phi) is 3.80. The summed E-state index contributed by atoms with van der Waals surface area (Å²) < 4.78 is 0. The second-order valence-electron chi connectivity index (χ2n) is 5.29. The molecule has 0 aliphatic heterocycles. The number of hydrogen-bond acceptors (Lipinski definition) is 1. The maximum absolute atomic E-state index is 11.5. The number of amides is 1.